The smallest absolute Gasteiger partial charge is 0.239 e. The molecular weight excluding hydrogens is 442 g/mol. The summed E-state index contributed by atoms with van der Waals surface area (Å²) < 4.78 is 14.4. The Bertz CT molecular complexity index is 653. The van der Waals surface area contributed by atoms with Crippen LogP contribution in [0.3, 0.4) is 0 Å². The number of likely N-dealkylation sites (tertiary alicyclic amines) is 1. The van der Waals surface area contributed by atoms with Gasteiger partial charge in [0.2, 0.25) is 11.8 Å². The second-order valence-corrected chi connectivity index (χ2v) is 7.59. The highest BCUT2D eigenvalue weighted by Crippen LogP contribution is 2.31. The van der Waals surface area contributed by atoms with Gasteiger partial charge in [-0.3, -0.25) is 14.5 Å². The highest BCUT2D eigenvalue weighted by molar-refractivity contribution is 6.31. The van der Waals surface area contributed by atoms with Gasteiger partial charge < -0.3 is 16.4 Å². The second kappa shape index (κ2) is 13.2. The second-order valence-electron chi connectivity index (χ2n) is 7.19. The number of nitrogens with zero attached hydrogens (tertiary/aromatic N) is 1. The SMILES string of the molecule is CC(C)[C@H](N)C(=O)NCC(=O)NCC(c1c(F)cccc1Cl)N1CCCC1.Cl.Cl. The zero-order valence-electron chi connectivity index (χ0n) is 16.6. The first-order valence-corrected chi connectivity index (χ1v) is 9.67. The van der Waals surface area contributed by atoms with Gasteiger partial charge in [-0.05, 0) is 44.0 Å². The number of carbonyl (C=O) groups excluding carboxylic acids is 2. The number of benzene rings is 1. The zero-order chi connectivity index (χ0) is 20.0. The lowest BCUT2D eigenvalue weighted by atomic mass is 10.0. The fourth-order valence-corrected chi connectivity index (χ4v) is 3.45. The molecule has 1 aliphatic rings. The molecule has 1 aliphatic heterocycles. The molecule has 1 fully saturated rings. The van der Waals surface area contributed by atoms with Gasteiger partial charge in [-0.2, -0.15) is 0 Å². The van der Waals surface area contributed by atoms with E-state index in [1.165, 1.54) is 6.07 Å². The average molecular weight is 472 g/mol. The van der Waals surface area contributed by atoms with Crippen LogP contribution in [0, 0.1) is 11.7 Å². The van der Waals surface area contributed by atoms with Crippen LogP contribution in [0.5, 0.6) is 0 Å². The Morgan fingerprint density at radius 2 is 1.83 bits per heavy atom. The highest BCUT2D eigenvalue weighted by atomic mass is 35.5. The van der Waals surface area contributed by atoms with Crippen molar-refractivity contribution in [2.45, 2.75) is 38.8 Å². The maximum Gasteiger partial charge on any atom is 0.239 e. The molecule has 1 heterocycles. The molecule has 1 aromatic carbocycles. The Labute approximate surface area is 188 Å². The maximum atomic E-state index is 14.4. The Balaban J connectivity index is 0.00000392. The van der Waals surface area contributed by atoms with Gasteiger partial charge in [0.25, 0.3) is 0 Å². The van der Waals surface area contributed by atoms with Crippen LogP contribution in [0.1, 0.15) is 38.3 Å². The zero-order valence-corrected chi connectivity index (χ0v) is 19.0. The van der Waals surface area contributed by atoms with E-state index in [-0.39, 0.29) is 67.5 Å². The van der Waals surface area contributed by atoms with Crippen LogP contribution in [0.2, 0.25) is 5.02 Å². The summed E-state index contributed by atoms with van der Waals surface area (Å²) in [4.78, 5) is 26.1. The van der Waals surface area contributed by atoms with Crippen molar-refractivity contribution >= 4 is 48.2 Å². The van der Waals surface area contributed by atoms with E-state index < -0.39 is 6.04 Å². The number of carbonyl (C=O) groups is 2. The van der Waals surface area contributed by atoms with Crippen molar-refractivity contribution < 1.29 is 14.0 Å². The molecule has 166 valence electrons. The van der Waals surface area contributed by atoms with Gasteiger partial charge in [0.1, 0.15) is 5.82 Å². The molecule has 0 aliphatic carbocycles. The summed E-state index contributed by atoms with van der Waals surface area (Å²) in [6.45, 7) is 5.37. The Kier molecular flexibility index (Phi) is 12.7. The highest BCUT2D eigenvalue weighted by Gasteiger charge is 2.28. The first-order chi connectivity index (χ1) is 12.8. The van der Waals surface area contributed by atoms with Gasteiger partial charge in [-0.15, -0.1) is 24.8 Å². The van der Waals surface area contributed by atoms with E-state index in [1.54, 1.807) is 12.1 Å². The minimum absolute atomic E-state index is 0. The minimum Gasteiger partial charge on any atom is -0.353 e. The molecule has 1 saturated heterocycles. The minimum atomic E-state index is -0.660. The van der Waals surface area contributed by atoms with E-state index in [1.807, 2.05) is 13.8 Å². The fourth-order valence-electron chi connectivity index (χ4n) is 3.16. The summed E-state index contributed by atoms with van der Waals surface area (Å²) >= 11 is 6.23. The third-order valence-electron chi connectivity index (χ3n) is 4.85. The largest absolute Gasteiger partial charge is 0.353 e. The molecule has 1 unspecified atom stereocenters. The van der Waals surface area contributed by atoms with Crippen LogP contribution in [0.25, 0.3) is 0 Å². The molecule has 2 atom stereocenters. The first kappa shape index (κ1) is 27.9. The van der Waals surface area contributed by atoms with E-state index in [4.69, 9.17) is 17.3 Å². The molecule has 2 rings (SSSR count). The van der Waals surface area contributed by atoms with Crippen molar-refractivity contribution in [1.82, 2.24) is 15.5 Å². The summed E-state index contributed by atoms with van der Waals surface area (Å²) in [6, 6.07) is 3.58. The number of rotatable bonds is 8. The average Bonchev–Trinajstić information content (AvgIpc) is 3.15. The molecule has 0 radical (unpaired) electrons. The molecule has 0 saturated carbocycles. The third-order valence-corrected chi connectivity index (χ3v) is 5.18. The molecule has 2 amide bonds. The van der Waals surface area contributed by atoms with Gasteiger partial charge in [-0.25, -0.2) is 4.39 Å². The number of halogens is 4. The van der Waals surface area contributed by atoms with Crippen molar-refractivity contribution in [3.8, 4) is 0 Å². The van der Waals surface area contributed by atoms with Crippen molar-refractivity contribution in [2.24, 2.45) is 11.7 Å². The predicted octanol–water partition coefficient (Wildman–Crippen LogP) is 2.68. The van der Waals surface area contributed by atoms with E-state index in [0.29, 0.717) is 10.6 Å². The molecule has 0 aromatic heterocycles. The summed E-state index contributed by atoms with van der Waals surface area (Å²) in [5.74, 6) is -1.12. The summed E-state index contributed by atoms with van der Waals surface area (Å²) in [6.07, 6.45) is 2.05. The molecule has 0 bridgehead atoms. The normalized spacial score (nSPS) is 15.8. The van der Waals surface area contributed by atoms with Crippen molar-refractivity contribution in [3.05, 3.63) is 34.6 Å². The van der Waals surface area contributed by atoms with Gasteiger partial charge in [0.15, 0.2) is 0 Å². The van der Waals surface area contributed by atoms with Crippen LogP contribution in [0.15, 0.2) is 18.2 Å². The van der Waals surface area contributed by atoms with Gasteiger partial charge in [0, 0.05) is 17.1 Å². The van der Waals surface area contributed by atoms with Crippen LogP contribution in [0.4, 0.5) is 4.39 Å². The summed E-state index contributed by atoms with van der Waals surface area (Å²) in [5, 5.41) is 5.65. The molecule has 0 spiro atoms. The van der Waals surface area contributed by atoms with Crippen molar-refractivity contribution in [3.63, 3.8) is 0 Å². The summed E-state index contributed by atoms with van der Waals surface area (Å²) in [7, 11) is 0. The Hall–Kier alpha value is -1.12. The molecular formula is C19H30Cl3FN4O2. The van der Waals surface area contributed by atoms with Crippen LogP contribution in [-0.4, -0.2) is 48.9 Å². The van der Waals surface area contributed by atoms with Crippen LogP contribution < -0.4 is 16.4 Å². The van der Waals surface area contributed by atoms with E-state index in [2.05, 4.69) is 15.5 Å². The number of amides is 2. The van der Waals surface area contributed by atoms with E-state index in [9.17, 15) is 14.0 Å². The van der Waals surface area contributed by atoms with Gasteiger partial charge >= 0.3 is 0 Å². The molecule has 6 nitrogen and oxygen atoms in total. The molecule has 1 aromatic rings. The number of hydrogen-bond donors (Lipinski definition) is 3. The van der Waals surface area contributed by atoms with Crippen LogP contribution >= 0.6 is 36.4 Å². The fraction of sp³-hybridized carbons (Fsp3) is 0.579. The standard InChI is InChI=1S/C19H28ClFN4O2.2ClH/c1-12(2)18(22)19(27)24-11-16(26)23-10-15(25-8-3-4-9-25)17-13(20)6-5-7-14(17)21;;/h5-7,12,15,18H,3-4,8-11,22H2,1-2H3,(H,23,26)(H,24,27);2*1H/t15?,18-;;/m0../s1. The number of nitrogens with one attached hydrogen (secondary N) is 2. The van der Waals surface area contributed by atoms with E-state index in [0.717, 1.165) is 25.9 Å². The van der Waals surface area contributed by atoms with Crippen molar-refractivity contribution in [2.75, 3.05) is 26.2 Å². The van der Waals surface area contributed by atoms with Gasteiger partial charge in [-0.1, -0.05) is 31.5 Å². The lowest BCUT2D eigenvalue weighted by molar-refractivity contribution is -0.127. The summed E-state index contributed by atoms with van der Waals surface area (Å²) in [5.41, 5.74) is 6.15. The van der Waals surface area contributed by atoms with Crippen LogP contribution in [-0.2, 0) is 9.59 Å². The molecule has 4 N–H and O–H groups in total. The third kappa shape index (κ3) is 7.90. The maximum absolute atomic E-state index is 14.4. The quantitative estimate of drug-likeness (QED) is 0.544. The predicted molar refractivity (Wildman–Crippen MR) is 118 cm³/mol. The first-order valence-electron chi connectivity index (χ1n) is 9.29. The monoisotopic (exact) mass is 470 g/mol. The van der Waals surface area contributed by atoms with Gasteiger partial charge in [0.05, 0.1) is 18.6 Å². The lowest BCUT2D eigenvalue weighted by Gasteiger charge is -2.29. The van der Waals surface area contributed by atoms with E-state index >= 15 is 0 Å². The number of nitrogens with two attached hydrogens (primary N) is 1. The number of hydrogen-bond acceptors (Lipinski definition) is 4. The molecule has 29 heavy (non-hydrogen) atoms. The lowest BCUT2D eigenvalue weighted by Crippen LogP contribution is -2.48. The Morgan fingerprint density at radius 1 is 1.21 bits per heavy atom. The molecule has 10 heteroatoms. The van der Waals surface area contributed by atoms with Crippen molar-refractivity contribution in [1.29, 1.82) is 0 Å². The topological polar surface area (TPSA) is 87.5 Å². The Morgan fingerprint density at radius 3 is 2.38 bits per heavy atom.